The number of nitrogens with zero attached hydrogens (tertiary/aromatic N) is 4. The summed E-state index contributed by atoms with van der Waals surface area (Å²) in [5.74, 6) is -1.27. The molecule has 2 unspecified atom stereocenters. The van der Waals surface area contributed by atoms with Crippen LogP contribution in [0.1, 0.15) is 40.5 Å². The average molecular weight is 573 g/mol. The van der Waals surface area contributed by atoms with Gasteiger partial charge in [-0.2, -0.15) is 20.5 Å². The Bertz CT molecular complexity index is 1410. The summed E-state index contributed by atoms with van der Waals surface area (Å²) in [6.45, 7) is 7.85. The second kappa shape index (κ2) is 13.6. The van der Waals surface area contributed by atoms with Gasteiger partial charge < -0.3 is 9.47 Å². The molecule has 0 aliphatic carbocycles. The average Bonchev–Trinajstić information content (AvgIpc) is 2.96. The molecule has 0 saturated carbocycles. The fraction of sp³-hybridized carbons (Fsp3) is 0.333. The summed E-state index contributed by atoms with van der Waals surface area (Å²) >= 11 is 0. The Hall–Kier alpha value is -5.00. The van der Waals surface area contributed by atoms with E-state index in [9.17, 15) is 19.2 Å². The number of amides is 4. The van der Waals surface area contributed by atoms with Gasteiger partial charge in [-0.3, -0.25) is 29.8 Å². The monoisotopic (exact) mass is 572 g/mol. The normalized spacial score (nSPS) is 19.5. The quantitative estimate of drug-likeness (QED) is 0.290. The largest absolute Gasteiger partial charge is 0.492 e. The van der Waals surface area contributed by atoms with Crippen molar-refractivity contribution >= 4 is 35.0 Å². The lowest BCUT2D eigenvalue weighted by Gasteiger charge is -2.25. The van der Waals surface area contributed by atoms with Crippen molar-refractivity contribution in [1.29, 1.82) is 0 Å². The van der Waals surface area contributed by atoms with Crippen LogP contribution in [-0.2, 0) is 19.2 Å². The number of carbonyl (C=O) groups excluding carboxylic acids is 4. The van der Waals surface area contributed by atoms with Gasteiger partial charge in [0.05, 0.1) is 13.2 Å². The molecule has 2 aromatic rings. The van der Waals surface area contributed by atoms with Crippen LogP contribution in [0.15, 0.2) is 91.3 Å². The van der Waals surface area contributed by atoms with E-state index in [1.807, 2.05) is 13.8 Å². The minimum atomic E-state index is -1.03. The number of azo groups is 2. The molecule has 2 aliphatic heterocycles. The maximum absolute atomic E-state index is 12.8. The summed E-state index contributed by atoms with van der Waals surface area (Å²) in [6.07, 6.45) is 0.246. The molecule has 2 aromatic carbocycles. The van der Waals surface area contributed by atoms with Gasteiger partial charge in [0.1, 0.15) is 22.9 Å². The molecule has 42 heavy (non-hydrogen) atoms. The fourth-order valence-electron chi connectivity index (χ4n) is 4.62. The number of imide groups is 2. The van der Waals surface area contributed by atoms with E-state index in [1.54, 1.807) is 62.4 Å². The van der Waals surface area contributed by atoms with E-state index < -0.39 is 35.7 Å². The van der Waals surface area contributed by atoms with Gasteiger partial charge in [0.15, 0.2) is 12.1 Å². The molecule has 218 valence electrons. The molecule has 0 aromatic heterocycles. The van der Waals surface area contributed by atoms with Crippen molar-refractivity contribution in [3.8, 4) is 11.5 Å². The van der Waals surface area contributed by atoms with Crippen molar-refractivity contribution < 1.29 is 28.7 Å². The molecule has 2 atom stereocenters. The van der Waals surface area contributed by atoms with Gasteiger partial charge in [0.2, 0.25) is 0 Å². The molecule has 0 fully saturated rings. The van der Waals surface area contributed by atoms with Gasteiger partial charge in [-0.1, -0.05) is 24.3 Å². The van der Waals surface area contributed by atoms with E-state index in [1.165, 1.54) is 0 Å². The summed E-state index contributed by atoms with van der Waals surface area (Å²) in [6, 6.07) is 12.0. The van der Waals surface area contributed by atoms with Crippen LogP contribution in [0.25, 0.3) is 0 Å². The van der Waals surface area contributed by atoms with Crippen LogP contribution in [0.3, 0.4) is 0 Å². The lowest BCUT2D eigenvalue weighted by atomic mass is 9.89. The summed E-state index contributed by atoms with van der Waals surface area (Å²) in [5.41, 5.74) is 2.38. The van der Waals surface area contributed by atoms with Gasteiger partial charge in [0, 0.05) is 11.1 Å². The lowest BCUT2D eigenvalue weighted by Crippen LogP contribution is -2.45. The van der Waals surface area contributed by atoms with Crippen molar-refractivity contribution in [2.75, 3.05) is 13.2 Å². The summed E-state index contributed by atoms with van der Waals surface area (Å²) in [7, 11) is 0. The highest BCUT2D eigenvalue weighted by molar-refractivity contribution is 6.12. The second-order valence-electron chi connectivity index (χ2n) is 9.50. The highest BCUT2D eigenvalue weighted by atomic mass is 16.5. The van der Waals surface area contributed by atoms with Crippen LogP contribution in [0.2, 0.25) is 0 Å². The summed E-state index contributed by atoms with van der Waals surface area (Å²) in [5, 5.41) is 21.5. The first-order valence-electron chi connectivity index (χ1n) is 13.6. The van der Waals surface area contributed by atoms with E-state index in [4.69, 9.17) is 9.47 Å². The molecule has 0 spiro atoms. The van der Waals surface area contributed by atoms with Gasteiger partial charge in [-0.15, -0.1) is 0 Å². The fourth-order valence-corrected chi connectivity index (χ4v) is 4.62. The van der Waals surface area contributed by atoms with Crippen molar-refractivity contribution in [1.82, 2.24) is 10.6 Å². The smallest absolute Gasteiger partial charge is 0.257 e. The minimum absolute atomic E-state index is 0.123. The zero-order valence-electron chi connectivity index (χ0n) is 23.8. The Balaban J connectivity index is 1.57. The maximum atomic E-state index is 12.8. The van der Waals surface area contributed by atoms with Crippen molar-refractivity contribution in [3.63, 3.8) is 0 Å². The number of ether oxygens (including phenoxy) is 2. The molecule has 12 heteroatoms. The maximum Gasteiger partial charge on any atom is 0.257 e. The van der Waals surface area contributed by atoms with E-state index >= 15 is 0 Å². The Morgan fingerprint density at radius 2 is 1.02 bits per heavy atom. The lowest BCUT2D eigenvalue weighted by molar-refractivity contribution is -0.131. The van der Waals surface area contributed by atoms with Crippen LogP contribution < -0.4 is 20.1 Å². The molecule has 4 rings (SSSR count). The topological polar surface area (TPSA) is 160 Å². The zero-order chi connectivity index (χ0) is 30.2. The molecule has 2 heterocycles. The third-order valence-electron chi connectivity index (χ3n) is 6.81. The van der Waals surface area contributed by atoms with Crippen LogP contribution in [0.5, 0.6) is 11.5 Å². The Morgan fingerprint density at radius 1 is 0.643 bits per heavy atom. The zero-order valence-corrected chi connectivity index (χ0v) is 23.8. The molecule has 2 aliphatic rings. The number of hydrogen-bond donors (Lipinski definition) is 2. The predicted octanol–water partition coefficient (Wildman–Crippen LogP) is 4.81. The van der Waals surface area contributed by atoms with E-state index in [2.05, 4.69) is 31.1 Å². The SMILES string of the molecule is CCOc1ccccc1N=NC1C(=O)NC(=O)C(CCC2=C(C)C(N=Nc3ccccc3OCC)C(=O)NC2=O)=C1C. The highest BCUT2D eigenvalue weighted by Crippen LogP contribution is 2.32. The standard InChI is InChI=1S/C30H32N6O6/c1-5-41-23-13-9-7-11-21(23)33-35-25-17(3)19(27(37)31-29(25)39)15-16-20-18(4)26(30(40)32-28(20)38)36-34-22-12-8-10-14-24(22)42-6-2/h7-14,25-26H,5-6,15-16H2,1-4H3,(H,31,37,39)(H,32,38,40). The molecule has 0 saturated heterocycles. The number of carbonyl (C=O) groups is 4. The number of para-hydroxylation sites is 2. The van der Waals surface area contributed by atoms with Crippen molar-refractivity contribution in [3.05, 3.63) is 70.8 Å². The predicted molar refractivity (Wildman–Crippen MR) is 153 cm³/mol. The number of nitrogens with one attached hydrogen (secondary N) is 2. The highest BCUT2D eigenvalue weighted by Gasteiger charge is 2.35. The van der Waals surface area contributed by atoms with E-state index in [0.717, 1.165) is 0 Å². The number of rotatable bonds is 11. The molecule has 12 nitrogen and oxygen atoms in total. The van der Waals surface area contributed by atoms with Crippen LogP contribution in [-0.4, -0.2) is 48.9 Å². The van der Waals surface area contributed by atoms with E-state index in [0.29, 0.717) is 58.4 Å². The first-order chi connectivity index (χ1) is 20.2. The van der Waals surface area contributed by atoms with Crippen molar-refractivity contribution in [2.45, 2.75) is 52.6 Å². The Labute approximate surface area is 243 Å². The number of hydrogen-bond acceptors (Lipinski definition) is 10. The molecular weight excluding hydrogens is 540 g/mol. The van der Waals surface area contributed by atoms with Crippen molar-refractivity contribution in [2.24, 2.45) is 20.5 Å². The summed E-state index contributed by atoms with van der Waals surface area (Å²) < 4.78 is 11.1. The molecule has 0 bridgehead atoms. The van der Waals surface area contributed by atoms with Crippen LogP contribution >= 0.6 is 0 Å². The Kier molecular flexibility index (Phi) is 9.69. The van der Waals surface area contributed by atoms with Gasteiger partial charge in [0.25, 0.3) is 23.6 Å². The van der Waals surface area contributed by atoms with Crippen LogP contribution in [0.4, 0.5) is 11.4 Å². The summed E-state index contributed by atoms with van der Waals surface area (Å²) in [4.78, 5) is 50.8. The molecular formula is C30H32N6O6. The third kappa shape index (κ3) is 6.65. The Morgan fingerprint density at radius 3 is 1.40 bits per heavy atom. The van der Waals surface area contributed by atoms with Gasteiger partial charge in [-0.25, -0.2) is 0 Å². The van der Waals surface area contributed by atoms with Gasteiger partial charge >= 0.3 is 0 Å². The number of benzene rings is 2. The molecule has 2 N–H and O–H groups in total. The second-order valence-corrected chi connectivity index (χ2v) is 9.50. The minimum Gasteiger partial charge on any atom is -0.492 e. The van der Waals surface area contributed by atoms with Crippen LogP contribution in [0, 0.1) is 0 Å². The molecule has 4 amide bonds. The van der Waals surface area contributed by atoms with E-state index in [-0.39, 0.29) is 12.8 Å². The van der Waals surface area contributed by atoms with Gasteiger partial charge in [-0.05, 0) is 75.9 Å². The molecule has 0 radical (unpaired) electrons. The first kappa shape index (κ1) is 30.0. The third-order valence-corrected chi connectivity index (χ3v) is 6.81. The first-order valence-corrected chi connectivity index (χ1v) is 13.6.